The van der Waals surface area contributed by atoms with Crippen molar-refractivity contribution in [1.82, 2.24) is 10.2 Å². The quantitative estimate of drug-likeness (QED) is 0.576. The molecule has 0 bridgehead atoms. The van der Waals surface area contributed by atoms with Crippen molar-refractivity contribution in [1.29, 1.82) is 0 Å². The van der Waals surface area contributed by atoms with Crippen LogP contribution in [0.25, 0.3) is 0 Å². The summed E-state index contributed by atoms with van der Waals surface area (Å²) in [6.45, 7) is 0. The van der Waals surface area contributed by atoms with Crippen molar-refractivity contribution in [2.75, 3.05) is 29.1 Å². The highest BCUT2D eigenvalue weighted by Gasteiger charge is 2.10. The van der Waals surface area contributed by atoms with Crippen LogP contribution in [-0.4, -0.2) is 43.5 Å². The monoisotopic (exact) mass is 358 g/mol. The molecular weight excluding hydrogens is 344 g/mol. The summed E-state index contributed by atoms with van der Waals surface area (Å²) in [5.74, 6) is 0.189. The lowest BCUT2D eigenvalue weighted by Gasteiger charge is -2.04. The van der Waals surface area contributed by atoms with Gasteiger partial charge < -0.3 is 5.32 Å². The summed E-state index contributed by atoms with van der Waals surface area (Å²) in [7, 11) is -1.56. The number of sulfonamides is 1. The minimum atomic E-state index is -3.32. The molecule has 0 saturated carbocycles. The van der Waals surface area contributed by atoms with Gasteiger partial charge in [0.2, 0.25) is 15.2 Å². The van der Waals surface area contributed by atoms with Crippen molar-refractivity contribution in [2.45, 2.75) is 4.34 Å². The number of benzene rings is 1. The van der Waals surface area contributed by atoms with Crippen LogP contribution in [0.15, 0.2) is 28.6 Å². The molecule has 0 fully saturated rings. The molecule has 0 saturated heterocycles. The Bertz CT molecular complexity index is 756. The number of nitrogens with zero attached hydrogens (tertiary/aromatic N) is 2. The molecule has 0 amide bonds. The third kappa shape index (κ3) is 4.97. The van der Waals surface area contributed by atoms with E-state index in [9.17, 15) is 13.2 Å². The van der Waals surface area contributed by atoms with Crippen LogP contribution in [0.3, 0.4) is 0 Å². The molecule has 0 aliphatic rings. The first-order chi connectivity index (χ1) is 10.4. The van der Waals surface area contributed by atoms with Gasteiger partial charge in [-0.15, -0.1) is 10.2 Å². The largest absolute Gasteiger partial charge is 0.363 e. The van der Waals surface area contributed by atoms with E-state index < -0.39 is 10.0 Å². The number of nitrogens with one attached hydrogen (secondary N) is 2. The number of anilines is 2. The SMILES string of the molecule is CNc1nnc(SCC(=O)c2ccc(NS(C)(=O)=O)cc2)s1. The van der Waals surface area contributed by atoms with E-state index in [0.29, 0.717) is 20.7 Å². The number of hydrogen-bond donors (Lipinski definition) is 2. The first kappa shape index (κ1) is 16.7. The number of carbonyl (C=O) groups is 1. The van der Waals surface area contributed by atoms with Gasteiger partial charge in [-0.25, -0.2) is 8.42 Å². The van der Waals surface area contributed by atoms with Gasteiger partial charge in [0.25, 0.3) is 0 Å². The molecule has 0 radical (unpaired) electrons. The second-order valence-corrected chi connectivity index (χ2v) is 8.23. The highest BCUT2D eigenvalue weighted by atomic mass is 32.2. The second kappa shape index (κ2) is 7.07. The number of ketones is 1. The van der Waals surface area contributed by atoms with E-state index in [2.05, 4.69) is 20.2 Å². The molecular formula is C12H14N4O3S3. The van der Waals surface area contributed by atoms with Crippen molar-refractivity contribution in [3.8, 4) is 0 Å². The molecule has 10 heteroatoms. The van der Waals surface area contributed by atoms with Gasteiger partial charge >= 0.3 is 0 Å². The zero-order chi connectivity index (χ0) is 16.2. The summed E-state index contributed by atoms with van der Waals surface area (Å²) in [5.41, 5.74) is 0.944. The predicted octanol–water partition coefficient (Wildman–Crippen LogP) is 1.93. The van der Waals surface area contributed by atoms with Crippen LogP contribution >= 0.6 is 23.1 Å². The number of rotatable bonds is 7. The van der Waals surface area contributed by atoms with Crippen LogP contribution in [0.5, 0.6) is 0 Å². The molecule has 7 nitrogen and oxygen atoms in total. The van der Waals surface area contributed by atoms with E-state index in [0.717, 1.165) is 6.26 Å². The number of aromatic nitrogens is 2. The van der Waals surface area contributed by atoms with Gasteiger partial charge in [0.1, 0.15) is 0 Å². The van der Waals surface area contributed by atoms with Gasteiger partial charge in [0.05, 0.1) is 12.0 Å². The Morgan fingerprint density at radius 1 is 1.27 bits per heavy atom. The van der Waals surface area contributed by atoms with Gasteiger partial charge in [0.15, 0.2) is 10.1 Å². The Labute approximate surface area is 136 Å². The number of thioether (sulfide) groups is 1. The van der Waals surface area contributed by atoms with Gasteiger partial charge in [-0.3, -0.25) is 9.52 Å². The molecule has 2 rings (SSSR count). The van der Waals surface area contributed by atoms with Gasteiger partial charge in [-0.2, -0.15) is 0 Å². The van der Waals surface area contributed by atoms with Crippen LogP contribution in [0.2, 0.25) is 0 Å². The van der Waals surface area contributed by atoms with Crippen LogP contribution in [0, 0.1) is 0 Å². The Hall–Kier alpha value is -1.65. The Morgan fingerprint density at radius 2 is 1.95 bits per heavy atom. The topological polar surface area (TPSA) is 101 Å². The van der Waals surface area contributed by atoms with Gasteiger partial charge in [0, 0.05) is 18.3 Å². The highest BCUT2D eigenvalue weighted by molar-refractivity contribution is 8.01. The normalized spacial score (nSPS) is 11.2. The van der Waals surface area contributed by atoms with Crippen LogP contribution in [0.1, 0.15) is 10.4 Å². The standard InChI is InChI=1S/C12H14N4O3S3/c1-13-11-14-15-12(21-11)20-7-10(17)8-3-5-9(6-4-8)16-22(2,18)19/h3-6,16H,7H2,1-2H3,(H,13,14). The second-order valence-electron chi connectivity index (χ2n) is 4.29. The summed E-state index contributed by atoms with van der Waals surface area (Å²) < 4.78 is 25.3. The van der Waals surface area contributed by atoms with Crippen LogP contribution in [-0.2, 0) is 10.0 Å². The van der Waals surface area contributed by atoms with Crippen molar-refractivity contribution >= 4 is 49.7 Å². The van der Waals surface area contributed by atoms with E-state index in [-0.39, 0.29) is 11.5 Å². The molecule has 0 aliphatic carbocycles. The summed E-state index contributed by atoms with van der Waals surface area (Å²) in [5, 5.41) is 11.4. The first-order valence-corrected chi connectivity index (χ1v) is 9.82. The molecule has 0 unspecified atom stereocenters. The molecule has 1 heterocycles. The fourth-order valence-electron chi connectivity index (χ4n) is 1.52. The molecule has 0 atom stereocenters. The molecule has 0 spiro atoms. The zero-order valence-corrected chi connectivity index (χ0v) is 14.3. The van der Waals surface area contributed by atoms with Crippen molar-refractivity contribution < 1.29 is 13.2 Å². The van der Waals surface area contributed by atoms with Gasteiger partial charge in [-0.05, 0) is 24.3 Å². The molecule has 0 aliphatic heterocycles. The Morgan fingerprint density at radius 3 is 2.50 bits per heavy atom. The zero-order valence-electron chi connectivity index (χ0n) is 11.9. The number of hydrogen-bond acceptors (Lipinski definition) is 8. The molecule has 118 valence electrons. The maximum Gasteiger partial charge on any atom is 0.229 e. The first-order valence-electron chi connectivity index (χ1n) is 6.12. The van der Waals surface area contributed by atoms with E-state index in [4.69, 9.17) is 0 Å². The molecule has 2 aromatic rings. The highest BCUT2D eigenvalue weighted by Crippen LogP contribution is 2.25. The summed E-state index contributed by atoms with van der Waals surface area (Å²) >= 11 is 2.70. The Balaban J connectivity index is 1.95. The molecule has 22 heavy (non-hydrogen) atoms. The van der Waals surface area contributed by atoms with Crippen molar-refractivity contribution in [3.63, 3.8) is 0 Å². The third-order valence-electron chi connectivity index (χ3n) is 2.46. The minimum absolute atomic E-state index is 0.0582. The number of Topliss-reactive ketones (excluding diaryl/α,β-unsaturated/α-hetero) is 1. The Kier molecular flexibility index (Phi) is 5.37. The van der Waals surface area contributed by atoms with E-state index in [1.165, 1.54) is 23.1 Å². The number of carbonyl (C=O) groups excluding carboxylic acids is 1. The van der Waals surface area contributed by atoms with E-state index in [1.807, 2.05) is 0 Å². The van der Waals surface area contributed by atoms with Crippen LogP contribution in [0.4, 0.5) is 10.8 Å². The lowest BCUT2D eigenvalue weighted by Crippen LogP contribution is -2.10. The van der Waals surface area contributed by atoms with Gasteiger partial charge in [-0.1, -0.05) is 23.1 Å². The summed E-state index contributed by atoms with van der Waals surface area (Å²) in [6.07, 6.45) is 1.07. The minimum Gasteiger partial charge on any atom is -0.363 e. The lowest BCUT2D eigenvalue weighted by atomic mass is 10.1. The maximum absolute atomic E-state index is 12.1. The van der Waals surface area contributed by atoms with E-state index in [1.54, 1.807) is 31.3 Å². The predicted molar refractivity (Wildman–Crippen MR) is 89.4 cm³/mol. The smallest absolute Gasteiger partial charge is 0.229 e. The average molecular weight is 358 g/mol. The van der Waals surface area contributed by atoms with E-state index >= 15 is 0 Å². The fourth-order valence-corrected chi connectivity index (χ4v) is 3.68. The molecule has 1 aromatic carbocycles. The van der Waals surface area contributed by atoms with Crippen molar-refractivity contribution in [3.05, 3.63) is 29.8 Å². The van der Waals surface area contributed by atoms with Crippen molar-refractivity contribution in [2.24, 2.45) is 0 Å². The fraction of sp³-hybridized carbons (Fsp3) is 0.250. The summed E-state index contributed by atoms with van der Waals surface area (Å²) in [4.78, 5) is 12.1. The molecule has 1 aromatic heterocycles. The third-order valence-corrected chi connectivity index (χ3v) is 5.14. The lowest BCUT2D eigenvalue weighted by molar-refractivity contribution is 0.102. The summed E-state index contributed by atoms with van der Waals surface area (Å²) in [6, 6.07) is 6.30. The van der Waals surface area contributed by atoms with Crippen LogP contribution < -0.4 is 10.0 Å². The average Bonchev–Trinajstić information content (AvgIpc) is 2.92. The maximum atomic E-state index is 12.1. The molecule has 2 N–H and O–H groups in total.